The van der Waals surface area contributed by atoms with E-state index < -0.39 is 23.5 Å². The molecule has 2 aromatic rings. The minimum Gasteiger partial charge on any atom is -0.312 e. The fraction of sp³-hybridized carbons (Fsp3) is 0.167. The van der Waals surface area contributed by atoms with Gasteiger partial charge in [0, 0.05) is 24.2 Å². The molecule has 0 bridgehead atoms. The Bertz CT molecular complexity index is 793. The molecule has 3 rings (SSSR count). The number of amides is 3. The fourth-order valence-electron chi connectivity index (χ4n) is 2.64. The quantitative estimate of drug-likeness (QED) is 0.833. The number of hydrogen-bond donors (Lipinski definition) is 2. The zero-order valence-electron chi connectivity index (χ0n) is 13.2. The van der Waals surface area contributed by atoms with E-state index >= 15 is 0 Å². The van der Waals surface area contributed by atoms with Crippen LogP contribution in [-0.4, -0.2) is 24.3 Å². The van der Waals surface area contributed by atoms with Crippen LogP contribution in [0.4, 0.5) is 10.1 Å². The molecule has 1 saturated heterocycles. The number of carbonyl (C=O) groups is 3. The van der Waals surface area contributed by atoms with E-state index in [1.807, 2.05) is 0 Å². The Morgan fingerprint density at radius 1 is 1.00 bits per heavy atom. The van der Waals surface area contributed by atoms with E-state index in [0.717, 1.165) is 0 Å². The third kappa shape index (κ3) is 3.82. The number of carbonyl (C=O) groups excluding carboxylic acids is 3. The molecule has 1 aliphatic rings. The number of benzene rings is 2. The molecule has 0 aromatic heterocycles. The highest BCUT2D eigenvalue weighted by Crippen LogP contribution is 2.25. The zero-order valence-corrected chi connectivity index (χ0v) is 13.2. The van der Waals surface area contributed by atoms with Crippen LogP contribution < -0.4 is 15.8 Å². The van der Waals surface area contributed by atoms with Crippen molar-refractivity contribution in [2.24, 2.45) is 5.92 Å². The summed E-state index contributed by atoms with van der Waals surface area (Å²) in [5.41, 5.74) is 5.63. The van der Waals surface area contributed by atoms with Crippen LogP contribution in [0.1, 0.15) is 16.8 Å². The van der Waals surface area contributed by atoms with Gasteiger partial charge in [-0.05, 0) is 36.4 Å². The van der Waals surface area contributed by atoms with E-state index in [-0.39, 0.29) is 18.9 Å². The van der Waals surface area contributed by atoms with E-state index in [4.69, 9.17) is 0 Å². The van der Waals surface area contributed by atoms with E-state index in [0.29, 0.717) is 11.3 Å². The molecule has 25 heavy (non-hydrogen) atoms. The Hall–Kier alpha value is -3.22. The van der Waals surface area contributed by atoms with E-state index in [1.54, 1.807) is 30.3 Å². The molecular weight excluding hydrogens is 325 g/mol. The average molecular weight is 341 g/mol. The predicted octanol–water partition coefficient (Wildman–Crippen LogP) is 1.64. The molecule has 128 valence electrons. The number of nitrogens with zero attached hydrogens (tertiary/aromatic N) is 1. The Morgan fingerprint density at radius 2 is 1.68 bits per heavy atom. The molecule has 7 heteroatoms. The van der Waals surface area contributed by atoms with Crippen LogP contribution in [0.15, 0.2) is 54.6 Å². The van der Waals surface area contributed by atoms with Crippen molar-refractivity contribution in [1.82, 2.24) is 10.9 Å². The Morgan fingerprint density at radius 3 is 2.36 bits per heavy atom. The average Bonchev–Trinajstić information content (AvgIpc) is 3.02. The third-order valence-corrected chi connectivity index (χ3v) is 3.97. The molecule has 0 spiro atoms. The summed E-state index contributed by atoms with van der Waals surface area (Å²) >= 11 is 0. The lowest BCUT2D eigenvalue weighted by atomic mass is 10.1. The van der Waals surface area contributed by atoms with Gasteiger partial charge in [-0.1, -0.05) is 18.2 Å². The Balaban J connectivity index is 1.57. The van der Waals surface area contributed by atoms with Gasteiger partial charge in [0.2, 0.25) is 11.8 Å². The first-order valence-corrected chi connectivity index (χ1v) is 7.76. The second-order valence-corrected chi connectivity index (χ2v) is 5.69. The summed E-state index contributed by atoms with van der Waals surface area (Å²) in [6.45, 7) is 0.178. The van der Waals surface area contributed by atoms with Crippen molar-refractivity contribution in [2.75, 3.05) is 11.4 Å². The molecule has 0 saturated carbocycles. The van der Waals surface area contributed by atoms with Gasteiger partial charge in [-0.3, -0.25) is 25.2 Å². The van der Waals surface area contributed by atoms with Gasteiger partial charge in [-0.25, -0.2) is 4.39 Å². The molecular formula is C18H16FN3O3. The van der Waals surface area contributed by atoms with Gasteiger partial charge in [-0.15, -0.1) is 0 Å². The SMILES string of the molecule is O=C(NNC(=O)[C@@H]1CC(=O)N(c2ccc(F)cc2)C1)c1ccccc1. The van der Waals surface area contributed by atoms with Crippen molar-refractivity contribution in [2.45, 2.75) is 6.42 Å². The van der Waals surface area contributed by atoms with Crippen LogP contribution in [-0.2, 0) is 9.59 Å². The lowest BCUT2D eigenvalue weighted by Gasteiger charge is -2.16. The second-order valence-electron chi connectivity index (χ2n) is 5.69. The normalized spacial score (nSPS) is 16.6. The lowest BCUT2D eigenvalue weighted by molar-refractivity contribution is -0.126. The summed E-state index contributed by atoms with van der Waals surface area (Å²) in [6, 6.07) is 14.0. The van der Waals surface area contributed by atoms with Crippen molar-refractivity contribution in [3.05, 3.63) is 66.0 Å². The van der Waals surface area contributed by atoms with Gasteiger partial charge in [0.15, 0.2) is 0 Å². The smallest absolute Gasteiger partial charge is 0.269 e. The number of hydrogen-bond acceptors (Lipinski definition) is 3. The monoisotopic (exact) mass is 341 g/mol. The predicted molar refractivity (Wildman–Crippen MR) is 88.9 cm³/mol. The first kappa shape index (κ1) is 16.6. The summed E-state index contributed by atoms with van der Waals surface area (Å²) in [5, 5.41) is 0. The summed E-state index contributed by atoms with van der Waals surface area (Å²) in [7, 11) is 0. The van der Waals surface area contributed by atoms with Crippen LogP contribution in [0, 0.1) is 11.7 Å². The van der Waals surface area contributed by atoms with Crippen molar-refractivity contribution >= 4 is 23.4 Å². The van der Waals surface area contributed by atoms with Crippen LogP contribution in [0.2, 0.25) is 0 Å². The first-order valence-electron chi connectivity index (χ1n) is 7.76. The molecule has 6 nitrogen and oxygen atoms in total. The van der Waals surface area contributed by atoms with Crippen LogP contribution in [0.25, 0.3) is 0 Å². The maximum Gasteiger partial charge on any atom is 0.269 e. The third-order valence-electron chi connectivity index (χ3n) is 3.97. The topological polar surface area (TPSA) is 78.5 Å². The molecule has 1 heterocycles. The molecule has 2 aromatic carbocycles. The Labute approximate surface area is 143 Å². The van der Waals surface area contributed by atoms with Crippen LogP contribution >= 0.6 is 0 Å². The fourth-order valence-corrected chi connectivity index (χ4v) is 2.64. The minimum absolute atomic E-state index is 0.0322. The first-order chi connectivity index (χ1) is 12.0. The molecule has 0 unspecified atom stereocenters. The van der Waals surface area contributed by atoms with Crippen molar-refractivity contribution < 1.29 is 18.8 Å². The van der Waals surface area contributed by atoms with Crippen LogP contribution in [0.5, 0.6) is 0 Å². The molecule has 0 aliphatic carbocycles. The highest BCUT2D eigenvalue weighted by atomic mass is 19.1. The maximum absolute atomic E-state index is 13.0. The number of nitrogens with one attached hydrogen (secondary N) is 2. The van der Waals surface area contributed by atoms with Crippen molar-refractivity contribution in [1.29, 1.82) is 0 Å². The standard InChI is InChI=1S/C18H16FN3O3/c19-14-6-8-15(9-7-14)22-11-13(10-16(22)23)18(25)21-20-17(24)12-4-2-1-3-5-12/h1-9,13H,10-11H2,(H,20,24)(H,21,25)/t13-/m1/s1. The maximum atomic E-state index is 13.0. The highest BCUT2D eigenvalue weighted by molar-refractivity contribution is 6.01. The number of anilines is 1. The number of halogens is 1. The Kier molecular flexibility index (Phi) is 4.74. The molecule has 1 atom stereocenters. The minimum atomic E-state index is -0.589. The molecule has 3 amide bonds. The van der Waals surface area contributed by atoms with Gasteiger partial charge < -0.3 is 4.90 Å². The van der Waals surface area contributed by atoms with Gasteiger partial charge in [0.25, 0.3) is 5.91 Å². The van der Waals surface area contributed by atoms with Gasteiger partial charge in [0.05, 0.1) is 5.92 Å². The van der Waals surface area contributed by atoms with E-state index in [9.17, 15) is 18.8 Å². The molecule has 0 radical (unpaired) electrons. The van der Waals surface area contributed by atoms with E-state index in [2.05, 4.69) is 10.9 Å². The number of hydrazine groups is 1. The van der Waals surface area contributed by atoms with Crippen molar-refractivity contribution in [3.63, 3.8) is 0 Å². The lowest BCUT2D eigenvalue weighted by Crippen LogP contribution is -2.45. The molecule has 1 fully saturated rings. The van der Waals surface area contributed by atoms with Gasteiger partial charge >= 0.3 is 0 Å². The summed E-state index contributed by atoms with van der Waals surface area (Å²) in [4.78, 5) is 37.6. The highest BCUT2D eigenvalue weighted by Gasteiger charge is 2.35. The van der Waals surface area contributed by atoms with Gasteiger partial charge in [-0.2, -0.15) is 0 Å². The summed E-state index contributed by atoms with van der Waals surface area (Å²) in [5.74, 6) is -2.08. The van der Waals surface area contributed by atoms with Gasteiger partial charge in [0.1, 0.15) is 5.82 Å². The second kappa shape index (κ2) is 7.12. The number of rotatable bonds is 3. The van der Waals surface area contributed by atoms with Crippen molar-refractivity contribution in [3.8, 4) is 0 Å². The molecule has 2 N–H and O–H groups in total. The molecule has 1 aliphatic heterocycles. The zero-order chi connectivity index (χ0) is 17.8. The largest absolute Gasteiger partial charge is 0.312 e. The summed E-state index contributed by atoms with van der Waals surface area (Å²) < 4.78 is 13.0. The summed E-state index contributed by atoms with van der Waals surface area (Å²) in [6.07, 6.45) is 0.0322. The van der Waals surface area contributed by atoms with Crippen LogP contribution in [0.3, 0.4) is 0 Å². The van der Waals surface area contributed by atoms with E-state index in [1.165, 1.54) is 29.2 Å².